The Bertz CT molecular complexity index is 1200. The van der Waals surface area contributed by atoms with Crippen LogP contribution in [0.3, 0.4) is 0 Å². The van der Waals surface area contributed by atoms with E-state index in [1.54, 1.807) is 17.0 Å². The lowest BCUT2D eigenvalue weighted by Crippen LogP contribution is -2.38. The molecule has 1 aliphatic carbocycles. The number of ether oxygens (including phenoxy) is 1. The zero-order valence-corrected chi connectivity index (χ0v) is 18.4. The van der Waals surface area contributed by atoms with Crippen LogP contribution in [0.5, 0.6) is 0 Å². The fraction of sp³-hybridized carbons (Fsp3) is 0.292. The Morgan fingerprint density at radius 3 is 2.84 bits per heavy atom. The van der Waals surface area contributed by atoms with Crippen molar-refractivity contribution in [1.82, 2.24) is 0 Å². The van der Waals surface area contributed by atoms with Crippen molar-refractivity contribution in [3.8, 4) is 0 Å². The number of carbonyl (C=O) groups is 3. The van der Waals surface area contributed by atoms with Gasteiger partial charge in [-0.3, -0.25) is 9.59 Å². The maximum Gasteiger partial charge on any atom is 0.341 e. The summed E-state index contributed by atoms with van der Waals surface area (Å²) < 4.78 is 10.6. The molecule has 3 aromatic rings. The minimum Gasteiger partial charge on any atom is -0.459 e. The Kier molecular flexibility index (Phi) is 5.30. The molecule has 0 spiro atoms. The Hall–Kier alpha value is -3.39. The molecule has 7 nitrogen and oxygen atoms in total. The highest BCUT2D eigenvalue weighted by molar-refractivity contribution is 7.17. The van der Waals surface area contributed by atoms with Crippen molar-refractivity contribution in [2.75, 3.05) is 16.8 Å². The van der Waals surface area contributed by atoms with Gasteiger partial charge in [-0.05, 0) is 61.9 Å². The zero-order chi connectivity index (χ0) is 22.2. The molecule has 8 heteroatoms. The number of nitrogens with zero attached hydrogens (tertiary/aromatic N) is 1. The van der Waals surface area contributed by atoms with Crippen LogP contribution in [-0.2, 0) is 28.8 Å². The van der Waals surface area contributed by atoms with Crippen molar-refractivity contribution in [2.24, 2.45) is 0 Å². The summed E-state index contributed by atoms with van der Waals surface area (Å²) in [7, 11) is 0. The third-order valence-electron chi connectivity index (χ3n) is 5.90. The van der Waals surface area contributed by atoms with Gasteiger partial charge in [0.15, 0.2) is 12.4 Å². The first-order chi connectivity index (χ1) is 15.5. The molecule has 0 unspecified atom stereocenters. The van der Waals surface area contributed by atoms with Gasteiger partial charge >= 0.3 is 5.97 Å². The van der Waals surface area contributed by atoms with Crippen LogP contribution in [-0.4, -0.2) is 30.4 Å². The molecule has 1 N–H and O–H groups in total. The van der Waals surface area contributed by atoms with Crippen molar-refractivity contribution >= 4 is 39.8 Å². The average molecular weight is 451 g/mol. The third-order valence-corrected chi connectivity index (χ3v) is 7.11. The second-order valence-electron chi connectivity index (χ2n) is 8.01. The molecule has 1 atom stereocenters. The van der Waals surface area contributed by atoms with Crippen LogP contribution in [0.2, 0.25) is 0 Å². The third kappa shape index (κ3) is 3.60. The molecule has 2 amide bonds. The number of furan rings is 1. The molecule has 3 heterocycles. The number of nitrogens with one attached hydrogen (secondary N) is 1. The number of hydrogen-bond acceptors (Lipinski definition) is 6. The van der Waals surface area contributed by atoms with Gasteiger partial charge in [0.1, 0.15) is 5.00 Å². The normalized spacial score (nSPS) is 16.5. The lowest BCUT2D eigenvalue weighted by Gasteiger charge is -2.22. The van der Waals surface area contributed by atoms with Gasteiger partial charge in [0.2, 0.25) is 0 Å². The lowest BCUT2D eigenvalue weighted by atomic mass is 10.1. The second kappa shape index (κ2) is 8.27. The maximum atomic E-state index is 13.0. The molecule has 164 valence electrons. The monoisotopic (exact) mass is 450 g/mol. The molecular weight excluding hydrogens is 428 g/mol. The summed E-state index contributed by atoms with van der Waals surface area (Å²) in [5.74, 6) is -1.12. The van der Waals surface area contributed by atoms with Crippen LogP contribution < -0.4 is 10.2 Å². The second-order valence-corrected chi connectivity index (χ2v) is 9.12. The van der Waals surface area contributed by atoms with Crippen molar-refractivity contribution in [3.05, 3.63) is 70.0 Å². The number of anilines is 2. The number of fused-ring (bicyclic) bond motifs is 2. The highest BCUT2D eigenvalue weighted by Crippen LogP contribution is 2.40. The average Bonchev–Trinajstić information content (AvgIpc) is 3.54. The minimum absolute atomic E-state index is 0.00661. The molecule has 0 saturated carbocycles. The van der Waals surface area contributed by atoms with E-state index in [2.05, 4.69) is 5.32 Å². The Morgan fingerprint density at radius 2 is 2.03 bits per heavy atom. The van der Waals surface area contributed by atoms with E-state index in [0.717, 1.165) is 47.4 Å². The number of hydrogen-bond donors (Lipinski definition) is 1. The van der Waals surface area contributed by atoms with Crippen LogP contribution in [0.15, 0.2) is 47.1 Å². The number of thiophene rings is 1. The van der Waals surface area contributed by atoms with Crippen LogP contribution in [0.1, 0.15) is 50.3 Å². The van der Waals surface area contributed by atoms with Crippen molar-refractivity contribution in [3.63, 3.8) is 0 Å². The SMILES string of the molecule is C[C@@H]1Cc2ccccc2N1C(=O)COC(=O)c1c(NC(=O)c2ccco2)sc2c1CCC2. The lowest BCUT2D eigenvalue weighted by molar-refractivity contribution is -0.122. The van der Waals surface area contributed by atoms with E-state index in [4.69, 9.17) is 9.15 Å². The minimum atomic E-state index is -0.590. The molecule has 2 aromatic heterocycles. The molecule has 2 aliphatic rings. The summed E-state index contributed by atoms with van der Waals surface area (Å²) in [6.45, 7) is 1.63. The topological polar surface area (TPSA) is 88.9 Å². The summed E-state index contributed by atoms with van der Waals surface area (Å²) in [4.78, 5) is 41.2. The number of esters is 1. The van der Waals surface area contributed by atoms with Crippen LogP contribution in [0, 0.1) is 0 Å². The van der Waals surface area contributed by atoms with Crippen molar-refractivity contribution in [2.45, 2.75) is 38.6 Å². The molecular formula is C24H22N2O5S. The van der Waals surface area contributed by atoms with E-state index < -0.39 is 11.9 Å². The fourth-order valence-corrected chi connectivity index (χ4v) is 5.77. The fourth-order valence-electron chi connectivity index (χ4n) is 4.50. The summed E-state index contributed by atoms with van der Waals surface area (Å²) in [6, 6.07) is 11.0. The first-order valence-corrected chi connectivity index (χ1v) is 11.4. The largest absolute Gasteiger partial charge is 0.459 e. The molecule has 32 heavy (non-hydrogen) atoms. The van der Waals surface area contributed by atoms with Gasteiger partial charge in [-0.15, -0.1) is 11.3 Å². The van der Waals surface area contributed by atoms with Gasteiger partial charge < -0.3 is 19.4 Å². The smallest absolute Gasteiger partial charge is 0.341 e. The molecule has 0 bridgehead atoms. The van der Waals surface area contributed by atoms with Gasteiger partial charge in [0.25, 0.3) is 11.8 Å². The predicted octanol–water partition coefficient (Wildman–Crippen LogP) is 4.22. The van der Waals surface area contributed by atoms with Gasteiger partial charge in [-0.2, -0.15) is 0 Å². The number of para-hydroxylation sites is 1. The van der Waals surface area contributed by atoms with E-state index in [9.17, 15) is 14.4 Å². The molecule has 0 fully saturated rings. The highest BCUT2D eigenvalue weighted by Gasteiger charge is 2.33. The summed E-state index contributed by atoms with van der Waals surface area (Å²) in [5, 5.41) is 3.21. The van der Waals surface area contributed by atoms with E-state index >= 15 is 0 Å². The van der Waals surface area contributed by atoms with Crippen molar-refractivity contribution < 1.29 is 23.5 Å². The predicted molar refractivity (Wildman–Crippen MR) is 120 cm³/mol. The molecule has 1 aromatic carbocycles. The number of amides is 2. The Morgan fingerprint density at radius 1 is 1.19 bits per heavy atom. The van der Waals surface area contributed by atoms with Gasteiger partial charge in [0.05, 0.1) is 11.8 Å². The standard InChI is InChI=1S/C24H22N2O5S/c1-14-12-15-6-2-3-8-17(15)26(14)20(27)13-31-24(29)21-16-7-4-10-19(16)32-23(21)25-22(28)18-9-5-11-30-18/h2-3,5-6,8-9,11,14H,4,7,10,12-13H2,1H3,(H,25,28)/t14-/m1/s1. The van der Waals surface area contributed by atoms with Crippen LogP contribution in [0.25, 0.3) is 0 Å². The molecule has 1 aliphatic heterocycles. The van der Waals surface area contributed by atoms with E-state index in [1.165, 1.54) is 17.6 Å². The molecule has 0 radical (unpaired) electrons. The summed E-state index contributed by atoms with van der Waals surface area (Å²) in [6.07, 6.45) is 4.75. The first kappa shape index (κ1) is 20.5. The quantitative estimate of drug-likeness (QED) is 0.588. The number of aryl methyl sites for hydroxylation is 1. The highest BCUT2D eigenvalue weighted by atomic mass is 32.1. The van der Waals surface area contributed by atoms with E-state index in [1.807, 2.05) is 31.2 Å². The Balaban J connectivity index is 1.32. The van der Waals surface area contributed by atoms with E-state index in [-0.39, 0.29) is 24.3 Å². The molecule has 5 rings (SSSR count). The number of benzene rings is 1. The van der Waals surface area contributed by atoms with Crippen LogP contribution in [0.4, 0.5) is 10.7 Å². The van der Waals surface area contributed by atoms with Gasteiger partial charge in [-0.25, -0.2) is 4.79 Å². The van der Waals surface area contributed by atoms with E-state index in [0.29, 0.717) is 10.6 Å². The van der Waals surface area contributed by atoms with Gasteiger partial charge in [-0.1, -0.05) is 18.2 Å². The number of rotatable bonds is 5. The Labute approximate surface area is 189 Å². The summed E-state index contributed by atoms with van der Waals surface area (Å²) >= 11 is 1.38. The summed E-state index contributed by atoms with van der Waals surface area (Å²) in [5.41, 5.74) is 3.23. The van der Waals surface area contributed by atoms with Crippen LogP contribution >= 0.6 is 11.3 Å². The maximum absolute atomic E-state index is 13.0. The number of carbonyl (C=O) groups excluding carboxylic acids is 3. The van der Waals surface area contributed by atoms with Gasteiger partial charge in [0, 0.05) is 16.6 Å². The van der Waals surface area contributed by atoms with Crippen molar-refractivity contribution in [1.29, 1.82) is 0 Å². The first-order valence-electron chi connectivity index (χ1n) is 10.6. The zero-order valence-electron chi connectivity index (χ0n) is 17.6. The molecule has 0 saturated heterocycles.